The summed E-state index contributed by atoms with van der Waals surface area (Å²) in [7, 11) is 0. The number of oxazole rings is 1. The van der Waals surface area contributed by atoms with Crippen molar-refractivity contribution in [3.63, 3.8) is 0 Å². The third-order valence-corrected chi connectivity index (χ3v) is 4.10. The highest BCUT2D eigenvalue weighted by Crippen LogP contribution is 2.35. The van der Waals surface area contributed by atoms with Crippen molar-refractivity contribution in [2.75, 3.05) is 0 Å². The standard InChI is InChI=1S/C19H15ClN2O4/c1-10-9-21-12(7-11(2)23)8-14(10)18-22-16(19(24)25)17(26-18)13-5-3-4-6-15(13)20/h3-6,8-9H,7H2,1-2H3,(H,24,25). The van der Waals surface area contributed by atoms with Crippen molar-refractivity contribution in [1.29, 1.82) is 0 Å². The summed E-state index contributed by atoms with van der Waals surface area (Å²) in [6.45, 7) is 3.28. The summed E-state index contributed by atoms with van der Waals surface area (Å²) in [5.74, 6) is -1.02. The Morgan fingerprint density at radius 2 is 1.96 bits per heavy atom. The molecule has 7 heteroatoms. The smallest absolute Gasteiger partial charge is 0.358 e. The van der Waals surface area contributed by atoms with Gasteiger partial charge in [0, 0.05) is 29.4 Å². The average molecular weight is 371 g/mol. The molecule has 1 aromatic carbocycles. The fourth-order valence-corrected chi connectivity index (χ4v) is 2.78. The Hall–Kier alpha value is -2.99. The van der Waals surface area contributed by atoms with Crippen molar-refractivity contribution in [1.82, 2.24) is 9.97 Å². The molecule has 26 heavy (non-hydrogen) atoms. The summed E-state index contributed by atoms with van der Waals surface area (Å²) in [5.41, 5.74) is 2.11. The lowest BCUT2D eigenvalue weighted by atomic mass is 10.1. The van der Waals surface area contributed by atoms with Crippen LogP contribution in [0.25, 0.3) is 22.8 Å². The third kappa shape index (κ3) is 3.50. The number of ketones is 1. The lowest BCUT2D eigenvalue weighted by Gasteiger charge is -2.04. The fraction of sp³-hybridized carbons (Fsp3) is 0.158. The second-order valence-electron chi connectivity index (χ2n) is 5.85. The molecule has 0 aliphatic carbocycles. The van der Waals surface area contributed by atoms with E-state index in [2.05, 4.69) is 9.97 Å². The van der Waals surface area contributed by atoms with Gasteiger partial charge in [-0.25, -0.2) is 9.78 Å². The molecular formula is C19H15ClN2O4. The number of hydrogen-bond acceptors (Lipinski definition) is 5. The first-order valence-electron chi connectivity index (χ1n) is 7.81. The molecule has 0 aliphatic rings. The summed E-state index contributed by atoms with van der Waals surface area (Å²) < 4.78 is 5.78. The largest absolute Gasteiger partial charge is 0.476 e. The molecule has 0 saturated carbocycles. The number of Topliss-reactive ketones (excluding diaryl/α,β-unsaturated/α-hetero) is 1. The predicted molar refractivity (Wildman–Crippen MR) is 96.3 cm³/mol. The fourth-order valence-electron chi connectivity index (χ4n) is 2.56. The van der Waals surface area contributed by atoms with Gasteiger partial charge < -0.3 is 9.52 Å². The zero-order chi connectivity index (χ0) is 18.8. The minimum absolute atomic E-state index is 0.0253. The van der Waals surface area contributed by atoms with Gasteiger partial charge in [0.15, 0.2) is 11.5 Å². The number of aromatic nitrogens is 2. The number of carboxylic acid groups (broad SMARTS) is 1. The number of carbonyl (C=O) groups excluding carboxylic acids is 1. The van der Waals surface area contributed by atoms with Crippen LogP contribution >= 0.6 is 11.6 Å². The van der Waals surface area contributed by atoms with Gasteiger partial charge >= 0.3 is 5.97 Å². The number of rotatable bonds is 5. The van der Waals surface area contributed by atoms with Crippen molar-refractivity contribution in [2.45, 2.75) is 20.3 Å². The van der Waals surface area contributed by atoms with Gasteiger partial charge in [-0.2, -0.15) is 0 Å². The number of halogens is 1. The maximum atomic E-state index is 11.6. The van der Waals surface area contributed by atoms with Crippen LogP contribution in [0.4, 0.5) is 0 Å². The molecule has 1 N–H and O–H groups in total. The molecule has 0 spiro atoms. The first kappa shape index (κ1) is 17.8. The van der Waals surface area contributed by atoms with Gasteiger partial charge in [0.05, 0.1) is 5.02 Å². The van der Waals surface area contributed by atoms with Gasteiger partial charge in [-0.15, -0.1) is 0 Å². The normalized spacial score (nSPS) is 10.7. The van der Waals surface area contributed by atoms with Gasteiger partial charge in [0.1, 0.15) is 5.78 Å². The lowest BCUT2D eigenvalue weighted by molar-refractivity contribution is -0.116. The predicted octanol–water partition coefficient (Wildman–Crippen LogP) is 4.20. The Bertz CT molecular complexity index is 1010. The van der Waals surface area contributed by atoms with Gasteiger partial charge in [-0.3, -0.25) is 9.78 Å². The van der Waals surface area contributed by atoms with Gasteiger partial charge in [0.25, 0.3) is 0 Å². The van der Waals surface area contributed by atoms with E-state index in [1.54, 1.807) is 43.5 Å². The Kier molecular flexibility index (Phi) is 4.86. The first-order chi connectivity index (χ1) is 12.4. The maximum Gasteiger partial charge on any atom is 0.358 e. The Labute approximate surface area is 154 Å². The third-order valence-electron chi connectivity index (χ3n) is 3.77. The summed E-state index contributed by atoms with van der Waals surface area (Å²) in [6.07, 6.45) is 1.78. The number of benzene rings is 1. The molecule has 0 fully saturated rings. The van der Waals surface area contributed by atoms with Crippen LogP contribution in [0, 0.1) is 6.92 Å². The van der Waals surface area contributed by atoms with E-state index in [9.17, 15) is 14.7 Å². The van der Waals surface area contributed by atoms with Crippen LogP contribution in [0.5, 0.6) is 0 Å². The monoisotopic (exact) mass is 370 g/mol. The van der Waals surface area contributed by atoms with Crippen molar-refractivity contribution >= 4 is 23.4 Å². The van der Waals surface area contributed by atoms with Gasteiger partial charge in [0.2, 0.25) is 5.89 Å². The molecule has 0 aliphatic heterocycles. The number of aryl methyl sites for hydroxylation is 1. The van der Waals surface area contributed by atoms with E-state index in [1.165, 1.54) is 6.92 Å². The van der Waals surface area contributed by atoms with E-state index in [0.717, 1.165) is 5.56 Å². The zero-order valence-electron chi connectivity index (χ0n) is 14.1. The molecule has 0 atom stereocenters. The summed E-state index contributed by atoms with van der Waals surface area (Å²) in [4.78, 5) is 31.3. The highest BCUT2D eigenvalue weighted by Gasteiger charge is 2.24. The van der Waals surface area contributed by atoms with E-state index < -0.39 is 5.97 Å². The summed E-state index contributed by atoms with van der Waals surface area (Å²) in [5, 5.41) is 9.86. The quantitative estimate of drug-likeness (QED) is 0.723. The molecule has 3 aromatic rings. The van der Waals surface area contributed by atoms with E-state index in [4.69, 9.17) is 16.0 Å². The van der Waals surface area contributed by atoms with E-state index in [0.29, 0.717) is 21.8 Å². The maximum absolute atomic E-state index is 11.6. The minimum Gasteiger partial charge on any atom is -0.476 e. The van der Waals surface area contributed by atoms with Crippen LogP contribution in [0.1, 0.15) is 28.7 Å². The van der Waals surface area contributed by atoms with Crippen LogP contribution < -0.4 is 0 Å². The van der Waals surface area contributed by atoms with Gasteiger partial charge in [-0.05, 0) is 37.6 Å². The zero-order valence-corrected chi connectivity index (χ0v) is 14.9. The Morgan fingerprint density at radius 1 is 1.23 bits per heavy atom. The number of hydrogen-bond donors (Lipinski definition) is 1. The van der Waals surface area contributed by atoms with E-state index in [-0.39, 0.29) is 29.5 Å². The molecule has 3 rings (SSSR count). The molecule has 0 bridgehead atoms. The summed E-state index contributed by atoms with van der Waals surface area (Å²) >= 11 is 6.18. The minimum atomic E-state index is -1.22. The number of carbonyl (C=O) groups is 2. The molecular weight excluding hydrogens is 356 g/mol. The van der Waals surface area contributed by atoms with Crippen LogP contribution in [-0.4, -0.2) is 26.8 Å². The summed E-state index contributed by atoms with van der Waals surface area (Å²) in [6, 6.07) is 8.47. The van der Waals surface area contributed by atoms with E-state index >= 15 is 0 Å². The Morgan fingerprint density at radius 3 is 2.62 bits per heavy atom. The second kappa shape index (κ2) is 7.09. The van der Waals surface area contributed by atoms with Crippen LogP contribution in [0.15, 0.2) is 40.9 Å². The molecule has 0 saturated heterocycles. The lowest BCUT2D eigenvalue weighted by Crippen LogP contribution is -2.01. The van der Waals surface area contributed by atoms with Crippen LogP contribution in [0.2, 0.25) is 5.02 Å². The van der Waals surface area contributed by atoms with Crippen LogP contribution in [-0.2, 0) is 11.2 Å². The highest BCUT2D eigenvalue weighted by atomic mass is 35.5. The highest BCUT2D eigenvalue weighted by molar-refractivity contribution is 6.33. The van der Waals surface area contributed by atoms with Gasteiger partial charge in [-0.1, -0.05) is 23.7 Å². The molecule has 2 heterocycles. The number of nitrogens with zero attached hydrogens (tertiary/aromatic N) is 2. The topological polar surface area (TPSA) is 93.3 Å². The Balaban J connectivity index is 2.16. The van der Waals surface area contributed by atoms with E-state index in [1.807, 2.05) is 0 Å². The van der Waals surface area contributed by atoms with Crippen molar-refractivity contribution in [3.05, 3.63) is 58.5 Å². The molecule has 0 radical (unpaired) electrons. The SMILES string of the molecule is CC(=O)Cc1cc(-c2nc(C(=O)O)c(-c3ccccc3Cl)o2)c(C)cn1. The number of pyridine rings is 1. The number of carboxylic acids is 1. The van der Waals surface area contributed by atoms with Crippen molar-refractivity contribution in [2.24, 2.45) is 0 Å². The first-order valence-corrected chi connectivity index (χ1v) is 8.19. The molecule has 2 aromatic heterocycles. The number of aromatic carboxylic acids is 1. The van der Waals surface area contributed by atoms with Crippen molar-refractivity contribution in [3.8, 4) is 22.8 Å². The molecule has 6 nitrogen and oxygen atoms in total. The second-order valence-corrected chi connectivity index (χ2v) is 6.26. The van der Waals surface area contributed by atoms with Crippen molar-refractivity contribution < 1.29 is 19.1 Å². The average Bonchev–Trinajstić information content (AvgIpc) is 3.01. The molecule has 0 unspecified atom stereocenters. The molecule has 132 valence electrons. The molecule has 0 amide bonds. The van der Waals surface area contributed by atoms with Crippen LogP contribution in [0.3, 0.4) is 0 Å².